The Morgan fingerprint density at radius 2 is 1.23 bits per heavy atom. The molecule has 40 heavy (non-hydrogen) atoms. The third-order valence-corrected chi connectivity index (χ3v) is 7.76. The van der Waals surface area contributed by atoms with E-state index in [2.05, 4.69) is 19.2 Å². The van der Waals surface area contributed by atoms with Gasteiger partial charge in [0.05, 0.1) is 0 Å². The normalized spacial score (nSPS) is 17.9. The Kier molecular flexibility index (Phi) is 13.5. The van der Waals surface area contributed by atoms with Gasteiger partial charge in [-0.05, 0) is 54.7 Å². The van der Waals surface area contributed by atoms with Gasteiger partial charge >= 0.3 is 11.9 Å². The molecular weight excluding hydrogens is 514 g/mol. The Balaban J connectivity index is 1.88. The van der Waals surface area contributed by atoms with Crippen molar-refractivity contribution in [3.05, 3.63) is 48.6 Å². The van der Waals surface area contributed by atoms with Gasteiger partial charge in [0.2, 0.25) is 0 Å². The number of nitrogens with two attached hydrogens (primary N) is 1. The Bertz CT molecular complexity index is 895. The molecule has 9 heteroatoms. The number of carbonyl (C=O) groups excluding carboxylic acids is 2. The van der Waals surface area contributed by atoms with Crippen molar-refractivity contribution in [2.24, 2.45) is 5.90 Å². The first-order valence-electron chi connectivity index (χ1n) is 14.4. The van der Waals surface area contributed by atoms with Gasteiger partial charge in [0.1, 0.15) is 50.1 Å². The second-order valence-electron chi connectivity index (χ2n) is 10.5. The van der Waals surface area contributed by atoms with Gasteiger partial charge < -0.3 is 23.7 Å². The molecule has 2 fully saturated rings. The van der Waals surface area contributed by atoms with Gasteiger partial charge in [-0.3, -0.25) is 4.84 Å². The van der Waals surface area contributed by atoms with Crippen LogP contribution in [0.2, 0.25) is 0 Å². The van der Waals surface area contributed by atoms with Crippen molar-refractivity contribution in [3.63, 3.8) is 0 Å². The summed E-state index contributed by atoms with van der Waals surface area (Å²) in [5, 5.41) is 0. The molecular formula is C31H45NO8. The monoisotopic (exact) mass is 559 g/mol. The first kappa shape index (κ1) is 31.6. The molecule has 2 atom stereocenters. The van der Waals surface area contributed by atoms with E-state index >= 15 is 0 Å². The first-order chi connectivity index (χ1) is 19.5. The molecule has 222 valence electrons. The Morgan fingerprint density at radius 3 is 1.65 bits per heavy atom. The van der Waals surface area contributed by atoms with E-state index in [0.29, 0.717) is 17.6 Å². The van der Waals surface area contributed by atoms with Crippen molar-refractivity contribution in [2.75, 3.05) is 33.5 Å². The predicted molar refractivity (Wildman–Crippen MR) is 151 cm³/mol. The second kappa shape index (κ2) is 17.0. The molecule has 1 aromatic rings. The summed E-state index contributed by atoms with van der Waals surface area (Å²) in [5.41, 5.74) is 2.37. The number of methoxy groups -OCH3 is 1. The molecule has 2 N–H and O–H groups in total. The summed E-state index contributed by atoms with van der Waals surface area (Å²) >= 11 is 0. The molecule has 0 saturated heterocycles. The van der Waals surface area contributed by atoms with E-state index in [0.717, 1.165) is 43.6 Å². The fraction of sp³-hybridized carbons (Fsp3) is 0.613. The SMILES string of the molecule is C=CC(=O)OCC(COc1cc(OCC(COC(=O)C=C)ON)c(C2CCCCC2)cc1C1CCCCC1)OC. The molecule has 0 amide bonds. The molecule has 0 aromatic heterocycles. The Labute approximate surface area is 237 Å². The maximum absolute atomic E-state index is 11.5. The van der Waals surface area contributed by atoms with Crippen molar-refractivity contribution in [1.29, 1.82) is 0 Å². The third kappa shape index (κ3) is 9.64. The lowest BCUT2D eigenvalue weighted by Crippen LogP contribution is -2.31. The molecule has 0 radical (unpaired) electrons. The molecule has 3 rings (SSSR count). The molecule has 0 spiro atoms. The van der Waals surface area contributed by atoms with Crippen LogP contribution in [0, 0.1) is 0 Å². The second-order valence-corrected chi connectivity index (χ2v) is 10.5. The quantitative estimate of drug-likeness (QED) is 0.164. The lowest BCUT2D eigenvalue weighted by Gasteiger charge is -2.30. The number of rotatable bonds is 16. The summed E-state index contributed by atoms with van der Waals surface area (Å²) in [6.45, 7) is 7.15. The van der Waals surface area contributed by atoms with Crippen molar-refractivity contribution >= 4 is 11.9 Å². The number of esters is 2. The van der Waals surface area contributed by atoms with E-state index < -0.39 is 24.1 Å². The van der Waals surface area contributed by atoms with Crippen LogP contribution >= 0.6 is 0 Å². The zero-order valence-corrected chi connectivity index (χ0v) is 23.8. The summed E-state index contributed by atoms with van der Waals surface area (Å²) in [6.07, 6.45) is 12.8. The van der Waals surface area contributed by atoms with Crippen LogP contribution in [0.5, 0.6) is 11.5 Å². The predicted octanol–water partition coefficient (Wildman–Crippen LogP) is 5.27. The van der Waals surface area contributed by atoms with Crippen LogP contribution in [0.25, 0.3) is 0 Å². The average molecular weight is 560 g/mol. The van der Waals surface area contributed by atoms with Crippen LogP contribution in [0.1, 0.15) is 87.2 Å². The summed E-state index contributed by atoms with van der Waals surface area (Å²) in [5.74, 6) is 6.66. The lowest BCUT2D eigenvalue weighted by molar-refractivity contribution is -0.143. The van der Waals surface area contributed by atoms with Crippen molar-refractivity contribution in [1.82, 2.24) is 0 Å². The van der Waals surface area contributed by atoms with E-state index in [-0.39, 0.29) is 26.4 Å². The number of hydrogen-bond acceptors (Lipinski definition) is 9. The van der Waals surface area contributed by atoms with E-state index in [1.807, 2.05) is 6.07 Å². The zero-order chi connectivity index (χ0) is 28.7. The van der Waals surface area contributed by atoms with Gasteiger partial charge in [0, 0.05) is 25.3 Å². The Hall–Kier alpha value is -2.88. The largest absolute Gasteiger partial charge is 0.490 e. The van der Waals surface area contributed by atoms with Gasteiger partial charge in [-0.25, -0.2) is 15.5 Å². The molecule has 9 nitrogen and oxygen atoms in total. The molecule has 2 aliphatic carbocycles. The van der Waals surface area contributed by atoms with Crippen molar-refractivity contribution in [3.8, 4) is 11.5 Å². The fourth-order valence-corrected chi connectivity index (χ4v) is 5.46. The smallest absolute Gasteiger partial charge is 0.330 e. The summed E-state index contributed by atoms with van der Waals surface area (Å²) in [4.78, 5) is 28.1. The minimum Gasteiger partial charge on any atom is -0.490 e. The summed E-state index contributed by atoms with van der Waals surface area (Å²) in [7, 11) is 1.56. The Morgan fingerprint density at radius 1 is 0.775 bits per heavy atom. The minimum absolute atomic E-state index is 0.0530. The average Bonchev–Trinajstić information content (AvgIpc) is 3.01. The standard InChI is InChI=1S/C31H45NO8/c1-4-30(33)38-19-24(35-3)18-36-28-17-29(37-20-25(40-32)21-39-31(34)5-2)27(23-14-10-7-11-15-23)16-26(28)22-12-8-6-9-13-22/h4-5,16-17,22-25H,1-2,6-15,18-21,32H2,3H3. The van der Waals surface area contributed by atoms with Crippen LogP contribution in [0.15, 0.2) is 37.4 Å². The number of carbonyl (C=O) groups is 2. The van der Waals surface area contributed by atoms with Crippen molar-refractivity contribution in [2.45, 2.75) is 88.3 Å². The molecule has 0 aliphatic heterocycles. The number of benzene rings is 1. The highest BCUT2D eigenvalue weighted by Crippen LogP contribution is 2.45. The lowest BCUT2D eigenvalue weighted by atomic mass is 9.79. The summed E-state index contributed by atoms with van der Waals surface area (Å²) < 4.78 is 28.4. The molecule has 1 aromatic carbocycles. The van der Waals surface area contributed by atoms with Crippen LogP contribution in [-0.2, 0) is 28.6 Å². The van der Waals surface area contributed by atoms with Crippen LogP contribution < -0.4 is 15.4 Å². The maximum Gasteiger partial charge on any atom is 0.330 e. The summed E-state index contributed by atoms with van der Waals surface area (Å²) in [6, 6.07) is 4.26. The zero-order valence-electron chi connectivity index (χ0n) is 23.8. The van der Waals surface area contributed by atoms with Crippen molar-refractivity contribution < 1.29 is 38.1 Å². The highest BCUT2D eigenvalue weighted by molar-refractivity contribution is 5.81. The third-order valence-electron chi connectivity index (χ3n) is 7.76. The molecule has 0 bridgehead atoms. The molecule has 2 unspecified atom stereocenters. The van der Waals surface area contributed by atoms with E-state index in [4.69, 9.17) is 34.4 Å². The van der Waals surface area contributed by atoms with Crippen LogP contribution in [-0.4, -0.2) is 57.7 Å². The molecule has 2 aliphatic rings. The van der Waals surface area contributed by atoms with E-state index in [1.54, 1.807) is 7.11 Å². The minimum atomic E-state index is -0.650. The van der Waals surface area contributed by atoms with Gasteiger partial charge in [-0.2, -0.15) is 0 Å². The number of ether oxygens (including phenoxy) is 5. The maximum atomic E-state index is 11.5. The van der Waals surface area contributed by atoms with E-state index in [9.17, 15) is 9.59 Å². The van der Waals surface area contributed by atoms with Gasteiger partial charge in [0.25, 0.3) is 0 Å². The molecule has 2 saturated carbocycles. The van der Waals surface area contributed by atoms with Crippen LogP contribution in [0.3, 0.4) is 0 Å². The van der Waals surface area contributed by atoms with E-state index in [1.165, 1.54) is 49.7 Å². The molecule has 0 heterocycles. The number of hydrogen-bond donors (Lipinski definition) is 1. The van der Waals surface area contributed by atoms with Gasteiger partial charge in [-0.1, -0.05) is 51.7 Å². The first-order valence-corrected chi connectivity index (χ1v) is 14.4. The van der Waals surface area contributed by atoms with Gasteiger partial charge in [0.15, 0.2) is 0 Å². The van der Waals surface area contributed by atoms with Crippen LogP contribution in [0.4, 0.5) is 0 Å². The fourth-order valence-electron chi connectivity index (χ4n) is 5.46. The highest BCUT2D eigenvalue weighted by Gasteiger charge is 2.27. The highest BCUT2D eigenvalue weighted by atomic mass is 16.7. The van der Waals surface area contributed by atoms with Gasteiger partial charge in [-0.15, -0.1) is 0 Å². The topological polar surface area (TPSA) is 116 Å².